The number of urea groups is 1. The molecule has 0 aliphatic rings. The van der Waals surface area contributed by atoms with E-state index in [1.807, 2.05) is 18.2 Å². The molecule has 3 amide bonds. The monoisotopic (exact) mass is 429 g/mol. The van der Waals surface area contributed by atoms with E-state index in [2.05, 4.69) is 15.7 Å². The zero-order valence-corrected chi connectivity index (χ0v) is 17.2. The molecule has 1 heterocycles. The van der Waals surface area contributed by atoms with E-state index in [9.17, 15) is 14.0 Å². The smallest absolute Gasteiger partial charge is 0.308 e. The second-order valence-corrected chi connectivity index (χ2v) is 7.01. The van der Waals surface area contributed by atoms with Crippen molar-refractivity contribution in [3.05, 3.63) is 103 Å². The molecule has 0 aliphatic carbocycles. The number of para-hydroxylation sites is 1. The molecule has 7 nitrogen and oxygen atoms in total. The van der Waals surface area contributed by atoms with E-state index >= 15 is 0 Å². The van der Waals surface area contributed by atoms with Gasteiger partial charge in [-0.15, -0.1) is 0 Å². The minimum absolute atomic E-state index is 0.232. The summed E-state index contributed by atoms with van der Waals surface area (Å²) in [6.45, 7) is 0. The van der Waals surface area contributed by atoms with Gasteiger partial charge in [0.2, 0.25) is 0 Å². The standard InChI is InChI=1S/C24H20FN5O2/c1-29(22-15-26-30(16-22)21-13-9-18(25)10-14-21)23(31)17-7-11-20(12-8-17)28-24(32)27-19-5-3-2-4-6-19/h2-16H,1H3,(H2,27,28,32). The molecule has 8 heteroatoms. The Morgan fingerprint density at radius 2 is 1.50 bits per heavy atom. The molecule has 0 aliphatic heterocycles. The Balaban J connectivity index is 1.40. The summed E-state index contributed by atoms with van der Waals surface area (Å²) in [5, 5.41) is 9.70. The fraction of sp³-hybridized carbons (Fsp3) is 0.0417. The molecule has 0 atom stereocenters. The number of carbonyl (C=O) groups excluding carboxylic acids is 2. The van der Waals surface area contributed by atoms with Crippen molar-refractivity contribution in [1.29, 1.82) is 0 Å². The number of benzene rings is 3. The van der Waals surface area contributed by atoms with Gasteiger partial charge in [-0.05, 0) is 60.7 Å². The quantitative estimate of drug-likeness (QED) is 0.472. The van der Waals surface area contributed by atoms with Crippen molar-refractivity contribution < 1.29 is 14.0 Å². The van der Waals surface area contributed by atoms with E-state index in [4.69, 9.17) is 0 Å². The number of nitrogens with zero attached hydrogens (tertiary/aromatic N) is 3. The van der Waals surface area contributed by atoms with Gasteiger partial charge in [-0.2, -0.15) is 5.10 Å². The maximum atomic E-state index is 13.1. The molecule has 0 fully saturated rings. The van der Waals surface area contributed by atoms with Crippen LogP contribution in [0.15, 0.2) is 91.3 Å². The van der Waals surface area contributed by atoms with Crippen molar-refractivity contribution in [1.82, 2.24) is 9.78 Å². The number of hydrogen-bond acceptors (Lipinski definition) is 3. The summed E-state index contributed by atoms with van der Waals surface area (Å²) in [4.78, 5) is 26.4. The molecular formula is C24H20FN5O2. The summed E-state index contributed by atoms with van der Waals surface area (Å²) in [6.07, 6.45) is 3.25. The van der Waals surface area contributed by atoms with E-state index in [0.29, 0.717) is 28.3 Å². The first kappa shape index (κ1) is 20.8. The molecule has 4 aromatic rings. The van der Waals surface area contributed by atoms with Gasteiger partial charge < -0.3 is 15.5 Å². The van der Waals surface area contributed by atoms with E-state index in [-0.39, 0.29) is 17.8 Å². The van der Waals surface area contributed by atoms with E-state index < -0.39 is 0 Å². The molecule has 32 heavy (non-hydrogen) atoms. The van der Waals surface area contributed by atoms with Crippen LogP contribution in [0.4, 0.5) is 26.2 Å². The fourth-order valence-corrected chi connectivity index (χ4v) is 3.04. The van der Waals surface area contributed by atoms with Gasteiger partial charge in [0.1, 0.15) is 5.82 Å². The summed E-state index contributed by atoms with van der Waals surface area (Å²) in [5.74, 6) is -0.562. The second kappa shape index (κ2) is 9.13. The van der Waals surface area contributed by atoms with Crippen LogP contribution in [-0.4, -0.2) is 28.8 Å². The Labute approximate surface area is 184 Å². The topological polar surface area (TPSA) is 79.3 Å². The maximum Gasteiger partial charge on any atom is 0.323 e. The van der Waals surface area contributed by atoms with Crippen LogP contribution in [0, 0.1) is 5.82 Å². The predicted molar refractivity (Wildman–Crippen MR) is 122 cm³/mol. The highest BCUT2D eigenvalue weighted by molar-refractivity contribution is 6.06. The van der Waals surface area contributed by atoms with Gasteiger partial charge in [0, 0.05) is 24.0 Å². The lowest BCUT2D eigenvalue weighted by Gasteiger charge is -2.15. The number of anilines is 3. The van der Waals surface area contributed by atoms with Crippen LogP contribution < -0.4 is 15.5 Å². The molecule has 3 aromatic carbocycles. The summed E-state index contributed by atoms with van der Waals surface area (Å²) in [7, 11) is 1.65. The maximum absolute atomic E-state index is 13.1. The number of hydrogen-bond donors (Lipinski definition) is 2. The summed E-state index contributed by atoms with van der Waals surface area (Å²) in [6, 6.07) is 21.2. The number of nitrogens with one attached hydrogen (secondary N) is 2. The molecular weight excluding hydrogens is 409 g/mol. The lowest BCUT2D eigenvalue weighted by atomic mass is 10.2. The van der Waals surface area contributed by atoms with Gasteiger partial charge in [-0.1, -0.05) is 18.2 Å². The molecule has 160 valence electrons. The molecule has 0 spiro atoms. The molecule has 1 aromatic heterocycles. The first-order valence-corrected chi connectivity index (χ1v) is 9.81. The van der Waals surface area contributed by atoms with Crippen LogP contribution in [0.1, 0.15) is 10.4 Å². The van der Waals surface area contributed by atoms with Crippen LogP contribution in [0.5, 0.6) is 0 Å². The molecule has 0 unspecified atom stereocenters. The van der Waals surface area contributed by atoms with Crippen molar-refractivity contribution in [2.45, 2.75) is 0 Å². The fourth-order valence-electron chi connectivity index (χ4n) is 3.04. The summed E-state index contributed by atoms with van der Waals surface area (Å²) >= 11 is 0. The van der Waals surface area contributed by atoms with E-state index in [0.717, 1.165) is 0 Å². The Morgan fingerprint density at radius 3 is 2.16 bits per heavy atom. The average molecular weight is 429 g/mol. The van der Waals surface area contributed by atoms with Crippen LogP contribution in [0.25, 0.3) is 5.69 Å². The van der Waals surface area contributed by atoms with Crippen molar-refractivity contribution >= 4 is 29.0 Å². The first-order chi connectivity index (χ1) is 15.5. The van der Waals surface area contributed by atoms with Crippen molar-refractivity contribution in [2.24, 2.45) is 0 Å². The Bertz CT molecular complexity index is 1220. The molecule has 0 bridgehead atoms. The molecule has 0 saturated carbocycles. The minimum atomic E-state index is -0.374. The lowest BCUT2D eigenvalue weighted by molar-refractivity contribution is 0.0993. The second-order valence-electron chi connectivity index (χ2n) is 7.01. The SMILES string of the molecule is CN(C(=O)c1ccc(NC(=O)Nc2ccccc2)cc1)c1cnn(-c2ccc(F)cc2)c1. The van der Waals surface area contributed by atoms with Gasteiger partial charge in [-0.3, -0.25) is 4.79 Å². The van der Waals surface area contributed by atoms with E-state index in [1.54, 1.807) is 72.7 Å². The van der Waals surface area contributed by atoms with Crippen LogP contribution in [-0.2, 0) is 0 Å². The predicted octanol–water partition coefficient (Wildman–Crippen LogP) is 4.93. The van der Waals surface area contributed by atoms with Gasteiger partial charge in [0.05, 0.1) is 23.8 Å². The number of amides is 3. The Hall–Kier alpha value is -4.46. The first-order valence-electron chi connectivity index (χ1n) is 9.81. The van der Waals surface area contributed by atoms with Crippen molar-refractivity contribution in [2.75, 3.05) is 22.6 Å². The highest BCUT2D eigenvalue weighted by Crippen LogP contribution is 2.19. The van der Waals surface area contributed by atoms with Gasteiger partial charge >= 0.3 is 6.03 Å². The van der Waals surface area contributed by atoms with Crippen LogP contribution in [0.2, 0.25) is 0 Å². The summed E-state index contributed by atoms with van der Waals surface area (Å²) in [5.41, 5.74) is 2.96. The number of carbonyl (C=O) groups is 2. The third kappa shape index (κ3) is 4.81. The normalized spacial score (nSPS) is 10.4. The zero-order valence-electron chi connectivity index (χ0n) is 17.2. The lowest BCUT2D eigenvalue weighted by Crippen LogP contribution is -2.26. The molecule has 2 N–H and O–H groups in total. The molecule has 0 radical (unpaired) electrons. The number of rotatable bonds is 5. The van der Waals surface area contributed by atoms with Gasteiger partial charge in [0.15, 0.2) is 0 Å². The van der Waals surface area contributed by atoms with Crippen molar-refractivity contribution in [3.63, 3.8) is 0 Å². The number of aromatic nitrogens is 2. The van der Waals surface area contributed by atoms with Crippen molar-refractivity contribution in [3.8, 4) is 5.69 Å². The highest BCUT2D eigenvalue weighted by Gasteiger charge is 2.16. The third-order valence-corrected chi connectivity index (χ3v) is 4.77. The molecule has 4 rings (SSSR count). The highest BCUT2D eigenvalue weighted by atomic mass is 19.1. The van der Waals surface area contributed by atoms with Crippen LogP contribution >= 0.6 is 0 Å². The third-order valence-electron chi connectivity index (χ3n) is 4.77. The average Bonchev–Trinajstić information content (AvgIpc) is 3.30. The van der Waals surface area contributed by atoms with E-state index in [1.165, 1.54) is 17.0 Å². The van der Waals surface area contributed by atoms with Crippen LogP contribution in [0.3, 0.4) is 0 Å². The molecule has 0 saturated heterocycles. The minimum Gasteiger partial charge on any atom is -0.308 e. The summed E-state index contributed by atoms with van der Waals surface area (Å²) < 4.78 is 14.7. The Kier molecular flexibility index (Phi) is 5.94. The largest absolute Gasteiger partial charge is 0.323 e. The Morgan fingerprint density at radius 1 is 0.875 bits per heavy atom. The number of halogens is 1. The van der Waals surface area contributed by atoms with Gasteiger partial charge in [0.25, 0.3) is 5.91 Å². The zero-order chi connectivity index (χ0) is 22.5. The van der Waals surface area contributed by atoms with Gasteiger partial charge in [-0.25, -0.2) is 13.9 Å².